The summed E-state index contributed by atoms with van der Waals surface area (Å²) in [5.41, 5.74) is 3.17. The second kappa shape index (κ2) is 7.09. The molecule has 2 aromatic rings. The fourth-order valence-electron chi connectivity index (χ4n) is 2.28. The van der Waals surface area contributed by atoms with Gasteiger partial charge in [-0.05, 0) is 31.2 Å². The van der Waals surface area contributed by atoms with E-state index in [0.717, 1.165) is 22.4 Å². The van der Waals surface area contributed by atoms with Gasteiger partial charge in [-0.25, -0.2) is 0 Å². The number of aliphatic carboxylic acids is 1. The van der Waals surface area contributed by atoms with Crippen LogP contribution in [-0.4, -0.2) is 36.2 Å². The number of carboxylic acid groups (broad SMARTS) is 1. The Balaban J connectivity index is 2.25. The highest BCUT2D eigenvalue weighted by Crippen LogP contribution is 2.28. The lowest BCUT2D eigenvalue weighted by atomic mass is 10.0. The summed E-state index contributed by atoms with van der Waals surface area (Å²) < 4.78 is 5.47. The molecular weight excluding hydrogens is 278 g/mol. The summed E-state index contributed by atoms with van der Waals surface area (Å²) >= 11 is 0. The fourth-order valence-corrected chi connectivity index (χ4v) is 2.28. The first-order valence-corrected chi connectivity index (χ1v) is 7.18. The lowest BCUT2D eigenvalue weighted by molar-refractivity contribution is -0.142. The van der Waals surface area contributed by atoms with E-state index in [0.29, 0.717) is 6.54 Å². The Morgan fingerprint density at radius 1 is 1.18 bits per heavy atom. The van der Waals surface area contributed by atoms with Gasteiger partial charge >= 0.3 is 5.97 Å². The first-order valence-electron chi connectivity index (χ1n) is 7.18. The van der Waals surface area contributed by atoms with Crippen LogP contribution in [0, 0.1) is 0 Å². The van der Waals surface area contributed by atoms with Crippen LogP contribution in [0.5, 0.6) is 5.75 Å². The van der Waals surface area contributed by atoms with Crippen LogP contribution in [0.1, 0.15) is 12.5 Å². The van der Waals surface area contributed by atoms with E-state index in [4.69, 9.17) is 9.84 Å². The number of carboxylic acids is 1. The van der Waals surface area contributed by atoms with Crippen molar-refractivity contribution in [3.8, 4) is 16.9 Å². The van der Waals surface area contributed by atoms with E-state index in [-0.39, 0.29) is 0 Å². The van der Waals surface area contributed by atoms with E-state index >= 15 is 0 Å². The van der Waals surface area contributed by atoms with Gasteiger partial charge in [-0.3, -0.25) is 9.69 Å². The maximum atomic E-state index is 11.1. The van der Waals surface area contributed by atoms with Gasteiger partial charge in [0.25, 0.3) is 0 Å². The zero-order valence-corrected chi connectivity index (χ0v) is 13.1. The van der Waals surface area contributed by atoms with Crippen LogP contribution in [0.25, 0.3) is 11.1 Å². The van der Waals surface area contributed by atoms with Gasteiger partial charge in [0, 0.05) is 12.1 Å². The molecule has 0 spiro atoms. The van der Waals surface area contributed by atoms with Crippen molar-refractivity contribution in [2.24, 2.45) is 0 Å². The van der Waals surface area contributed by atoms with Crippen molar-refractivity contribution in [3.63, 3.8) is 0 Å². The monoisotopic (exact) mass is 299 g/mol. The molecule has 0 aromatic heterocycles. The summed E-state index contributed by atoms with van der Waals surface area (Å²) in [6.45, 7) is 2.19. The predicted molar refractivity (Wildman–Crippen MR) is 87.0 cm³/mol. The third-order valence-corrected chi connectivity index (χ3v) is 3.83. The maximum absolute atomic E-state index is 11.1. The average Bonchev–Trinajstić information content (AvgIpc) is 2.55. The lowest BCUT2D eigenvalue weighted by Crippen LogP contribution is -2.35. The molecule has 0 bridgehead atoms. The Bertz CT molecular complexity index is 640. The minimum Gasteiger partial charge on any atom is -0.496 e. The quantitative estimate of drug-likeness (QED) is 0.889. The van der Waals surface area contributed by atoms with Gasteiger partial charge in [0.05, 0.1) is 7.11 Å². The van der Waals surface area contributed by atoms with Crippen molar-refractivity contribution >= 4 is 5.97 Å². The Morgan fingerprint density at radius 3 is 2.45 bits per heavy atom. The number of hydrogen-bond donors (Lipinski definition) is 1. The Kier molecular flexibility index (Phi) is 5.17. The molecule has 22 heavy (non-hydrogen) atoms. The molecule has 0 aliphatic rings. The zero-order chi connectivity index (χ0) is 16.1. The molecule has 116 valence electrons. The summed E-state index contributed by atoms with van der Waals surface area (Å²) in [6, 6.07) is 15.6. The molecule has 0 heterocycles. The van der Waals surface area contributed by atoms with E-state index < -0.39 is 12.0 Å². The van der Waals surface area contributed by atoms with E-state index in [1.807, 2.05) is 48.5 Å². The third-order valence-electron chi connectivity index (χ3n) is 3.83. The van der Waals surface area contributed by atoms with Crippen molar-refractivity contribution in [2.45, 2.75) is 19.5 Å². The third kappa shape index (κ3) is 3.65. The van der Waals surface area contributed by atoms with Crippen molar-refractivity contribution in [1.82, 2.24) is 4.90 Å². The molecule has 0 radical (unpaired) electrons. The molecule has 0 fully saturated rings. The first kappa shape index (κ1) is 16.0. The van der Waals surface area contributed by atoms with Crippen LogP contribution in [0.3, 0.4) is 0 Å². The fraction of sp³-hybridized carbons (Fsp3) is 0.278. The molecule has 0 saturated heterocycles. The average molecular weight is 299 g/mol. The van der Waals surface area contributed by atoms with Gasteiger partial charge in [-0.1, -0.05) is 42.5 Å². The number of ether oxygens (including phenoxy) is 1. The Labute approximate surface area is 131 Å². The van der Waals surface area contributed by atoms with Crippen LogP contribution in [-0.2, 0) is 11.3 Å². The molecular formula is C18H21NO3. The van der Waals surface area contributed by atoms with Crippen molar-refractivity contribution in [1.29, 1.82) is 0 Å². The van der Waals surface area contributed by atoms with E-state index in [2.05, 4.69) is 0 Å². The molecule has 2 rings (SSSR count). The minimum atomic E-state index is -0.831. The summed E-state index contributed by atoms with van der Waals surface area (Å²) in [6.07, 6.45) is 0. The van der Waals surface area contributed by atoms with Gasteiger partial charge in [0.2, 0.25) is 0 Å². The van der Waals surface area contributed by atoms with E-state index in [9.17, 15) is 4.79 Å². The first-order chi connectivity index (χ1) is 10.5. The summed E-state index contributed by atoms with van der Waals surface area (Å²) in [7, 11) is 3.43. The number of hydrogen-bond acceptors (Lipinski definition) is 3. The van der Waals surface area contributed by atoms with E-state index in [1.165, 1.54) is 0 Å². The smallest absolute Gasteiger partial charge is 0.320 e. The van der Waals surface area contributed by atoms with Gasteiger partial charge in [-0.15, -0.1) is 0 Å². The largest absolute Gasteiger partial charge is 0.496 e. The van der Waals surface area contributed by atoms with Crippen molar-refractivity contribution in [2.75, 3.05) is 14.2 Å². The zero-order valence-electron chi connectivity index (χ0n) is 13.1. The minimum absolute atomic E-state index is 0.520. The molecule has 0 aliphatic carbocycles. The van der Waals surface area contributed by atoms with Crippen LogP contribution >= 0.6 is 0 Å². The second-order valence-electron chi connectivity index (χ2n) is 5.32. The molecule has 0 aliphatic heterocycles. The highest BCUT2D eigenvalue weighted by atomic mass is 16.5. The maximum Gasteiger partial charge on any atom is 0.320 e. The molecule has 0 saturated carbocycles. The number of methoxy groups -OCH3 is 1. The normalized spacial score (nSPS) is 12.2. The summed E-state index contributed by atoms with van der Waals surface area (Å²) in [4.78, 5) is 12.8. The van der Waals surface area contributed by atoms with Crippen molar-refractivity contribution in [3.05, 3.63) is 54.1 Å². The topological polar surface area (TPSA) is 49.8 Å². The van der Waals surface area contributed by atoms with Gasteiger partial charge in [0.1, 0.15) is 11.8 Å². The van der Waals surface area contributed by atoms with Crippen LogP contribution in [0.15, 0.2) is 48.5 Å². The van der Waals surface area contributed by atoms with Gasteiger partial charge in [-0.2, -0.15) is 0 Å². The second-order valence-corrected chi connectivity index (χ2v) is 5.32. The molecule has 1 atom stereocenters. The van der Waals surface area contributed by atoms with Gasteiger partial charge < -0.3 is 9.84 Å². The van der Waals surface area contributed by atoms with Gasteiger partial charge in [0.15, 0.2) is 0 Å². The molecule has 1 N–H and O–H groups in total. The van der Waals surface area contributed by atoms with Crippen molar-refractivity contribution < 1.29 is 14.6 Å². The Morgan fingerprint density at radius 2 is 1.86 bits per heavy atom. The molecule has 1 unspecified atom stereocenters. The SMILES string of the molecule is COc1cc(-c2ccccc2)ccc1CN(C)C(C)C(=O)O. The van der Waals surface area contributed by atoms with Crippen LogP contribution in [0.4, 0.5) is 0 Å². The standard InChI is InChI=1S/C18H21NO3/c1-13(18(20)21)19(2)12-16-10-9-15(11-17(16)22-3)14-7-5-4-6-8-14/h4-11,13H,12H2,1-3H3,(H,20,21). The highest BCUT2D eigenvalue weighted by Gasteiger charge is 2.18. The number of nitrogens with zero attached hydrogens (tertiary/aromatic N) is 1. The predicted octanol–water partition coefficient (Wildman–Crippen LogP) is 3.27. The number of carbonyl (C=O) groups is 1. The lowest BCUT2D eigenvalue weighted by Gasteiger charge is -2.22. The molecule has 4 heteroatoms. The summed E-state index contributed by atoms with van der Waals surface area (Å²) in [5, 5.41) is 9.08. The molecule has 4 nitrogen and oxygen atoms in total. The number of benzene rings is 2. The Hall–Kier alpha value is -2.33. The molecule has 2 aromatic carbocycles. The number of rotatable bonds is 6. The van der Waals surface area contributed by atoms with Crippen LogP contribution in [0.2, 0.25) is 0 Å². The van der Waals surface area contributed by atoms with E-state index in [1.54, 1.807) is 26.0 Å². The highest BCUT2D eigenvalue weighted by molar-refractivity contribution is 5.73. The molecule has 0 amide bonds. The van der Waals surface area contributed by atoms with Crippen LogP contribution < -0.4 is 4.74 Å². The number of likely N-dealkylation sites (N-methyl/N-ethyl adjacent to an activating group) is 1. The summed E-state index contributed by atoms with van der Waals surface area (Å²) in [5.74, 6) is -0.0619.